The maximum atomic E-state index is 13.8. The second-order valence-electron chi connectivity index (χ2n) is 10.4. The van der Waals surface area contributed by atoms with E-state index in [2.05, 4.69) is 10.6 Å². The first-order valence-electron chi connectivity index (χ1n) is 13.5. The van der Waals surface area contributed by atoms with Gasteiger partial charge in [0.1, 0.15) is 22.2 Å². The van der Waals surface area contributed by atoms with Gasteiger partial charge in [0.05, 0.1) is 29.5 Å². The lowest BCUT2D eigenvalue weighted by Crippen LogP contribution is -2.18. The summed E-state index contributed by atoms with van der Waals surface area (Å²) >= 11 is 0.581. The van der Waals surface area contributed by atoms with Crippen molar-refractivity contribution in [2.24, 2.45) is 0 Å². The highest BCUT2D eigenvalue weighted by molar-refractivity contribution is 7.21. The molecule has 0 aliphatic heterocycles. The smallest absolute Gasteiger partial charge is 0.419 e. The van der Waals surface area contributed by atoms with Crippen molar-refractivity contribution in [3.63, 3.8) is 0 Å². The number of amides is 2. The standard InChI is InChI=1S/C31H23F7N2O4S/c1-44-24-11-4-16(15-2-7-19(41)8-3-15)12-21(24)28(42)40-26-20-9-5-17(30(33,34)35)13-25(20)45-27(26)29(43)39-18-6-10-23(32)22(14-18)31(36,37)38/h4-6,9-15H,2-3,7-8H2,1H3,(H,39,43)(H,40,42). The topological polar surface area (TPSA) is 84.5 Å². The number of ether oxygens (including phenoxy) is 1. The van der Waals surface area contributed by atoms with Gasteiger partial charge in [-0.15, -0.1) is 11.3 Å². The molecule has 14 heteroatoms. The molecule has 45 heavy (non-hydrogen) atoms. The number of fused-ring (bicyclic) bond motifs is 1. The maximum Gasteiger partial charge on any atom is 0.419 e. The van der Waals surface area contributed by atoms with Crippen LogP contribution in [-0.2, 0) is 17.1 Å². The highest BCUT2D eigenvalue weighted by atomic mass is 32.1. The van der Waals surface area contributed by atoms with E-state index in [4.69, 9.17) is 4.74 Å². The third-order valence-electron chi connectivity index (χ3n) is 7.47. The lowest BCUT2D eigenvalue weighted by atomic mass is 9.83. The molecular weight excluding hydrogens is 629 g/mol. The molecule has 1 aliphatic carbocycles. The van der Waals surface area contributed by atoms with Gasteiger partial charge in [0.15, 0.2) is 0 Å². The Labute approximate surface area is 255 Å². The third kappa shape index (κ3) is 6.80. The second-order valence-corrected chi connectivity index (χ2v) is 11.4. The van der Waals surface area contributed by atoms with Crippen LogP contribution >= 0.6 is 11.3 Å². The molecule has 2 amide bonds. The van der Waals surface area contributed by atoms with E-state index in [-0.39, 0.29) is 43.7 Å². The van der Waals surface area contributed by atoms with Crippen LogP contribution in [0.2, 0.25) is 0 Å². The molecule has 3 aromatic carbocycles. The number of halogens is 7. The predicted octanol–water partition coefficient (Wildman–Crippen LogP) is 8.82. The lowest BCUT2D eigenvalue weighted by molar-refractivity contribution is -0.140. The lowest BCUT2D eigenvalue weighted by Gasteiger charge is -2.22. The Morgan fingerprint density at radius 3 is 2.22 bits per heavy atom. The number of thiophene rings is 1. The van der Waals surface area contributed by atoms with Crippen LogP contribution < -0.4 is 15.4 Å². The SMILES string of the molecule is COc1ccc(C2CCC(=O)CC2)cc1C(=O)Nc1c(C(=O)Nc2ccc(F)c(C(F)(F)F)c2)sc2cc(C(F)(F)F)ccc12. The van der Waals surface area contributed by atoms with Gasteiger partial charge in [0.2, 0.25) is 0 Å². The molecule has 0 bridgehead atoms. The molecule has 1 saturated carbocycles. The minimum absolute atomic E-state index is 0.00144. The summed E-state index contributed by atoms with van der Waals surface area (Å²) < 4.78 is 99.2. The summed E-state index contributed by atoms with van der Waals surface area (Å²) in [7, 11) is 1.33. The van der Waals surface area contributed by atoms with E-state index in [1.807, 2.05) is 0 Å². The Hall–Kier alpha value is -4.46. The van der Waals surface area contributed by atoms with E-state index in [0.29, 0.717) is 49.2 Å². The molecule has 5 rings (SSSR count). The van der Waals surface area contributed by atoms with Crippen molar-refractivity contribution in [2.75, 3.05) is 17.7 Å². The van der Waals surface area contributed by atoms with Crippen molar-refractivity contribution in [1.82, 2.24) is 0 Å². The fraction of sp³-hybridized carbons (Fsp3) is 0.258. The van der Waals surface area contributed by atoms with Crippen LogP contribution in [0.3, 0.4) is 0 Å². The summed E-state index contributed by atoms with van der Waals surface area (Å²) in [5.41, 5.74) is -2.44. The molecule has 0 spiro atoms. The number of nitrogens with one attached hydrogen (secondary N) is 2. The van der Waals surface area contributed by atoms with Gasteiger partial charge in [-0.2, -0.15) is 26.3 Å². The van der Waals surface area contributed by atoms with E-state index in [9.17, 15) is 45.1 Å². The van der Waals surface area contributed by atoms with Gasteiger partial charge in [-0.25, -0.2) is 4.39 Å². The number of hydrogen-bond donors (Lipinski definition) is 2. The molecule has 1 aromatic heterocycles. The van der Waals surface area contributed by atoms with Gasteiger partial charge in [0.25, 0.3) is 11.8 Å². The summed E-state index contributed by atoms with van der Waals surface area (Å²) in [6.07, 6.45) is -7.80. The number of hydrogen-bond acceptors (Lipinski definition) is 5. The molecule has 1 fully saturated rings. The van der Waals surface area contributed by atoms with Gasteiger partial charge < -0.3 is 15.4 Å². The zero-order chi connectivity index (χ0) is 32.7. The average molecular weight is 653 g/mol. The molecule has 0 radical (unpaired) electrons. The summed E-state index contributed by atoms with van der Waals surface area (Å²) in [5, 5.41) is 4.87. The van der Waals surface area contributed by atoms with Gasteiger partial charge >= 0.3 is 12.4 Å². The molecule has 0 unspecified atom stereocenters. The summed E-state index contributed by atoms with van der Waals surface area (Å²) in [6, 6.07) is 9.36. The van der Waals surface area contributed by atoms with E-state index >= 15 is 0 Å². The largest absolute Gasteiger partial charge is 0.496 e. The molecule has 0 atom stereocenters. The number of benzene rings is 3. The number of anilines is 2. The Morgan fingerprint density at radius 2 is 1.58 bits per heavy atom. The van der Waals surface area contributed by atoms with Crippen molar-refractivity contribution >= 4 is 50.4 Å². The minimum Gasteiger partial charge on any atom is -0.496 e. The number of ketones is 1. The van der Waals surface area contributed by atoms with Crippen molar-refractivity contribution in [3.8, 4) is 5.75 Å². The molecular formula is C31H23F7N2O4S. The molecule has 236 valence electrons. The third-order valence-corrected chi connectivity index (χ3v) is 8.63. The van der Waals surface area contributed by atoms with Crippen LogP contribution in [0.25, 0.3) is 10.1 Å². The molecule has 2 N–H and O–H groups in total. The van der Waals surface area contributed by atoms with Crippen LogP contribution in [0.15, 0.2) is 54.6 Å². The summed E-state index contributed by atoms with van der Waals surface area (Å²) in [6.45, 7) is 0. The first-order valence-corrected chi connectivity index (χ1v) is 14.3. The molecule has 1 aliphatic rings. The Kier molecular flexibility index (Phi) is 8.62. The van der Waals surface area contributed by atoms with Crippen molar-refractivity contribution in [3.05, 3.63) is 87.5 Å². The predicted molar refractivity (Wildman–Crippen MR) is 153 cm³/mol. The first-order chi connectivity index (χ1) is 21.2. The molecule has 1 heterocycles. The maximum absolute atomic E-state index is 13.8. The van der Waals surface area contributed by atoms with E-state index < -0.39 is 46.8 Å². The van der Waals surface area contributed by atoms with Crippen LogP contribution in [-0.4, -0.2) is 24.7 Å². The molecule has 6 nitrogen and oxygen atoms in total. The number of carbonyl (C=O) groups excluding carboxylic acids is 3. The number of Topliss-reactive ketones (excluding diaryl/α,β-unsaturated/α-hetero) is 1. The van der Waals surface area contributed by atoms with Crippen LogP contribution in [0, 0.1) is 5.82 Å². The Morgan fingerprint density at radius 1 is 0.867 bits per heavy atom. The van der Waals surface area contributed by atoms with Crippen LogP contribution in [0.1, 0.15) is 68.3 Å². The van der Waals surface area contributed by atoms with Crippen molar-refractivity contribution in [2.45, 2.75) is 44.0 Å². The zero-order valence-corrected chi connectivity index (χ0v) is 24.1. The minimum atomic E-state index is -5.06. The molecule has 4 aromatic rings. The summed E-state index contributed by atoms with van der Waals surface area (Å²) in [4.78, 5) is 38.4. The number of alkyl halides is 6. The number of carbonyl (C=O) groups is 3. The van der Waals surface area contributed by atoms with E-state index in [1.165, 1.54) is 7.11 Å². The van der Waals surface area contributed by atoms with Gasteiger partial charge in [-0.05, 0) is 66.8 Å². The van der Waals surface area contributed by atoms with Gasteiger partial charge in [-0.3, -0.25) is 14.4 Å². The number of rotatable bonds is 6. The van der Waals surface area contributed by atoms with Crippen LogP contribution in [0.5, 0.6) is 5.75 Å². The Balaban J connectivity index is 1.54. The van der Waals surface area contributed by atoms with Crippen molar-refractivity contribution < 1.29 is 49.9 Å². The van der Waals surface area contributed by atoms with Gasteiger partial charge in [-0.1, -0.05) is 12.1 Å². The van der Waals surface area contributed by atoms with E-state index in [0.717, 1.165) is 29.8 Å². The first kappa shape index (κ1) is 31.9. The van der Waals surface area contributed by atoms with Gasteiger partial charge in [0, 0.05) is 28.6 Å². The highest BCUT2D eigenvalue weighted by Crippen LogP contribution is 2.41. The Bertz CT molecular complexity index is 1800. The fourth-order valence-corrected chi connectivity index (χ4v) is 6.27. The van der Waals surface area contributed by atoms with Crippen LogP contribution in [0.4, 0.5) is 42.1 Å². The zero-order valence-electron chi connectivity index (χ0n) is 23.3. The quantitative estimate of drug-likeness (QED) is 0.204. The van der Waals surface area contributed by atoms with E-state index in [1.54, 1.807) is 18.2 Å². The second kappa shape index (κ2) is 12.1. The number of methoxy groups -OCH3 is 1. The molecule has 0 saturated heterocycles. The normalized spacial score (nSPS) is 14.4. The average Bonchev–Trinajstić information content (AvgIpc) is 3.34. The summed E-state index contributed by atoms with van der Waals surface area (Å²) in [5.74, 6) is -3.06. The highest BCUT2D eigenvalue weighted by Gasteiger charge is 2.35. The fourth-order valence-electron chi connectivity index (χ4n) is 5.18. The monoisotopic (exact) mass is 652 g/mol. The van der Waals surface area contributed by atoms with Crippen molar-refractivity contribution in [1.29, 1.82) is 0 Å².